The van der Waals surface area contributed by atoms with Gasteiger partial charge in [-0.2, -0.15) is 13.2 Å². The monoisotopic (exact) mass is 450 g/mol. The molecule has 3 heterocycles. The number of rotatable bonds is 6. The molecule has 0 saturated heterocycles. The van der Waals surface area contributed by atoms with E-state index in [1.165, 1.54) is 30.3 Å². The van der Waals surface area contributed by atoms with E-state index in [1.807, 2.05) is 10.8 Å². The molecule has 0 atom stereocenters. The van der Waals surface area contributed by atoms with Crippen molar-refractivity contribution in [1.82, 2.24) is 19.5 Å². The normalized spacial score (nSPS) is 14.5. The Balaban J connectivity index is 1.73. The van der Waals surface area contributed by atoms with Crippen LogP contribution in [0.3, 0.4) is 0 Å². The highest BCUT2D eigenvalue weighted by atomic mass is 19.4. The Bertz CT molecular complexity index is 1140. The van der Waals surface area contributed by atoms with E-state index in [0.717, 1.165) is 22.0 Å². The molecule has 3 aromatic rings. The number of halogens is 4. The zero-order chi connectivity index (χ0) is 23.0. The summed E-state index contributed by atoms with van der Waals surface area (Å²) < 4.78 is 53.3. The fourth-order valence-electron chi connectivity index (χ4n) is 4.11. The highest BCUT2D eigenvalue weighted by molar-refractivity contribution is 6.00. The lowest BCUT2D eigenvalue weighted by molar-refractivity contribution is -0.142. The largest absolute Gasteiger partial charge is 0.401 e. The van der Waals surface area contributed by atoms with E-state index in [9.17, 15) is 27.6 Å². The summed E-state index contributed by atoms with van der Waals surface area (Å²) in [4.78, 5) is 17.8. The van der Waals surface area contributed by atoms with Crippen molar-refractivity contribution in [2.75, 3.05) is 26.7 Å². The summed E-state index contributed by atoms with van der Waals surface area (Å²) in [6, 6.07) is 6.05. The smallest absolute Gasteiger partial charge is 0.342 e. The maximum Gasteiger partial charge on any atom is 0.401 e. The predicted octanol–water partition coefficient (Wildman–Crippen LogP) is 3.65. The Hall–Kier alpha value is -2.98. The van der Waals surface area contributed by atoms with Crippen LogP contribution in [0.5, 0.6) is 0 Å². The number of amides is 1. The van der Waals surface area contributed by atoms with Gasteiger partial charge in [-0.15, -0.1) is 0 Å². The Morgan fingerprint density at radius 2 is 1.94 bits per heavy atom. The average Bonchev–Trinajstić information content (AvgIpc) is 3.07. The number of hydrogen-bond acceptors (Lipinski definition) is 4. The van der Waals surface area contributed by atoms with Crippen LogP contribution >= 0.6 is 0 Å². The molecule has 32 heavy (non-hydrogen) atoms. The van der Waals surface area contributed by atoms with Gasteiger partial charge in [-0.3, -0.25) is 14.9 Å². The minimum Gasteiger partial charge on any atom is -0.342 e. The molecule has 1 amide bonds. The third-order valence-corrected chi connectivity index (χ3v) is 5.59. The Labute approximate surface area is 181 Å². The van der Waals surface area contributed by atoms with E-state index in [2.05, 4.69) is 4.98 Å². The molecule has 6 nitrogen and oxygen atoms in total. The zero-order valence-electron chi connectivity index (χ0n) is 17.4. The molecular formula is C22H22F4N4O2. The first kappa shape index (κ1) is 22.2. The summed E-state index contributed by atoms with van der Waals surface area (Å²) in [7, 11) is 1.41. The summed E-state index contributed by atoms with van der Waals surface area (Å²) in [6.07, 6.45) is -0.169. The van der Waals surface area contributed by atoms with Gasteiger partial charge in [0.05, 0.1) is 24.8 Å². The molecule has 0 unspecified atom stereocenters. The van der Waals surface area contributed by atoms with Crippen LogP contribution in [0.2, 0.25) is 0 Å². The number of fused-ring (bicyclic) bond motifs is 3. The highest BCUT2D eigenvalue weighted by Crippen LogP contribution is 2.31. The number of hydroxylamine groups is 2. The molecule has 1 aromatic carbocycles. The molecule has 4 rings (SSSR count). The van der Waals surface area contributed by atoms with E-state index in [4.69, 9.17) is 0 Å². The number of nitrogens with zero attached hydrogens (tertiary/aromatic N) is 4. The number of likely N-dealkylation sites (N-methyl/N-ethyl adjacent to an activating group) is 1. The first-order valence-corrected chi connectivity index (χ1v) is 10.1. The quantitative estimate of drug-likeness (QED) is 0.460. The molecule has 1 N–H and O–H groups in total. The molecule has 1 aliphatic rings. The van der Waals surface area contributed by atoms with Crippen molar-refractivity contribution in [3.8, 4) is 0 Å². The van der Waals surface area contributed by atoms with E-state index >= 15 is 0 Å². The van der Waals surface area contributed by atoms with Gasteiger partial charge in [-0.05, 0) is 48.7 Å². The standard InChI is InChI=1S/C22H22F4N4O2/c1-28(13-22(24,25)26)8-6-15-12-29(11-14-2-4-16(23)5-3-14)18-10-27-20-17(19(15)18)7-9-30(32)21(20)31/h2-5,10,12,32H,6-9,11,13H2,1H3. The number of benzene rings is 1. The summed E-state index contributed by atoms with van der Waals surface area (Å²) in [6.45, 7) is -0.315. The van der Waals surface area contributed by atoms with Crippen molar-refractivity contribution in [3.05, 3.63) is 64.9 Å². The van der Waals surface area contributed by atoms with Crippen LogP contribution in [-0.2, 0) is 19.4 Å². The molecule has 0 spiro atoms. The number of alkyl halides is 3. The van der Waals surface area contributed by atoms with Gasteiger partial charge in [-0.25, -0.2) is 14.4 Å². The number of aromatic nitrogens is 2. The fraction of sp³-hybridized carbons (Fsp3) is 0.364. The SMILES string of the molecule is CN(CCc1cn(Cc2ccc(F)cc2)c2cnc3c(c12)CCN(O)C3=O)CC(F)(F)F. The third-order valence-electron chi connectivity index (χ3n) is 5.59. The van der Waals surface area contributed by atoms with Gasteiger partial charge in [0.2, 0.25) is 0 Å². The van der Waals surface area contributed by atoms with Crippen LogP contribution in [0.4, 0.5) is 17.6 Å². The summed E-state index contributed by atoms with van der Waals surface area (Å²) in [5.74, 6) is -0.943. The van der Waals surface area contributed by atoms with E-state index in [0.29, 0.717) is 30.0 Å². The topological polar surface area (TPSA) is 61.6 Å². The fourth-order valence-corrected chi connectivity index (χ4v) is 4.11. The van der Waals surface area contributed by atoms with Crippen LogP contribution in [0.15, 0.2) is 36.7 Å². The predicted molar refractivity (Wildman–Crippen MR) is 109 cm³/mol. The highest BCUT2D eigenvalue weighted by Gasteiger charge is 2.30. The second-order valence-electron chi connectivity index (χ2n) is 8.04. The Morgan fingerprint density at radius 1 is 1.22 bits per heavy atom. The number of pyridine rings is 1. The van der Waals surface area contributed by atoms with E-state index in [-0.39, 0.29) is 24.6 Å². The Morgan fingerprint density at radius 3 is 2.62 bits per heavy atom. The van der Waals surface area contributed by atoms with Crippen molar-refractivity contribution >= 4 is 16.8 Å². The first-order valence-electron chi connectivity index (χ1n) is 10.1. The number of carbonyl (C=O) groups excluding carboxylic acids is 1. The van der Waals surface area contributed by atoms with Crippen LogP contribution < -0.4 is 0 Å². The lowest BCUT2D eigenvalue weighted by atomic mass is 9.98. The minimum atomic E-state index is -4.29. The molecule has 0 saturated carbocycles. The van der Waals surface area contributed by atoms with Crippen molar-refractivity contribution in [3.63, 3.8) is 0 Å². The van der Waals surface area contributed by atoms with Gasteiger partial charge < -0.3 is 4.57 Å². The van der Waals surface area contributed by atoms with Gasteiger partial charge in [-0.1, -0.05) is 12.1 Å². The molecule has 2 aromatic heterocycles. The second-order valence-corrected chi connectivity index (χ2v) is 8.04. The molecule has 0 bridgehead atoms. The number of hydrogen-bond donors (Lipinski definition) is 1. The van der Waals surface area contributed by atoms with Crippen LogP contribution in [0.25, 0.3) is 10.9 Å². The van der Waals surface area contributed by atoms with Gasteiger partial charge in [0, 0.05) is 24.7 Å². The van der Waals surface area contributed by atoms with Crippen LogP contribution in [0.1, 0.15) is 27.2 Å². The summed E-state index contributed by atoms with van der Waals surface area (Å²) in [5.41, 5.74) is 3.22. The lowest BCUT2D eigenvalue weighted by Crippen LogP contribution is -2.35. The maximum absolute atomic E-state index is 13.3. The van der Waals surface area contributed by atoms with Gasteiger partial charge in [0.25, 0.3) is 5.91 Å². The molecule has 170 valence electrons. The van der Waals surface area contributed by atoms with Crippen molar-refractivity contribution in [2.24, 2.45) is 0 Å². The van der Waals surface area contributed by atoms with Crippen LogP contribution in [0, 0.1) is 5.82 Å². The van der Waals surface area contributed by atoms with Crippen molar-refractivity contribution < 1.29 is 27.6 Å². The summed E-state index contributed by atoms with van der Waals surface area (Å²) >= 11 is 0. The van der Waals surface area contributed by atoms with Gasteiger partial charge in [0.1, 0.15) is 11.5 Å². The first-order chi connectivity index (χ1) is 15.1. The lowest BCUT2D eigenvalue weighted by Gasteiger charge is -2.23. The minimum absolute atomic E-state index is 0.114. The molecular weight excluding hydrogens is 428 g/mol. The van der Waals surface area contributed by atoms with Gasteiger partial charge >= 0.3 is 6.18 Å². The Kier molecular flexibility index (Phi) is 5.91. The van der Waals surface area contributed by atoms with Crippen molar-refractivity contribution in [2.45, 2.75) is 25.6 Å². The second kappa shape index (κ2) is 8.51. The van der Waals surface area contributed by atoms with E-state index in [1.54, 1.807) is 12.1 Å². The molecule has 1 aliphatic heterocycles. The molecule has 0 aliphatic carbocycles. The van der Waals surface area contributed by atoms with E-state index < -0.39 is 18.6 Å². The molecule has 10 heteroatoms. The molecule has 0 fully saturated rings. The number of carbonyl (C=O) groups is 1. The summed E-state index contributed by atoms with van der Waals surface area (Å²) in [5, 5.41) is 11.2. The third kappa shape index (κ3) is 4.61. The average molecular weight is 450 g/mol. The van der Waals surface area contributed by atoms with Gasteiger partial charge in [0.15, 0.2) is 0 Å². The zero-order valence-corrected chi connectivity index (χ0v) is 17.4. The maximum atomic E-state index is 13.3. The van der Waals surface area contributed by atoms with Crippen molar-refractivity contribution in [1.29, 1.82) is 0 Å². The van der Waals surface area contributed by atoms with Crippen LogP contribution in [-0.4, -0.2) is 63.5 Å². The molecule has 0 radical (unpaired) electrons.